The van der Waals surface area contributed by atoms with Crippen LogP contribution in [-0.2, 0) is 11.2 Å². The molecule has 0 bridgehead atoms. The molecule has 2 rings (SSSR count). The van der Waals surface area contributed by atoms with Crippen LogP contribution in [0.4, 0.5) is 0 Å². The third kappa shape index (κ3) is 4.46. The maximum Gasteiger partial charge on any atom is 0.227 e. The van der Waals surface area contributed by atoms with Gasteiger partial charge in [-0.2, -0.15) is 0 Å². The van der Waals surface area contributed by atoms with Crippen LogP contribution in [0.1, 0.15) is 33.3 Å². The average Bonchev–Trinajstić information content (AvgIpc) is 2.39. The quantitative estimate of drug-likeness (QED) is 0.924. The molecule has 0 aromatic heterocycles. The number of hydrogen-bond donors (Lipinski definition) is 1. The number of amides is 1. The van der Waals surface area contributed by atoms with Crippen LogP contribution in [0.3, 0.4) is 0 Å². The molecule has 0 radical (unpaired) electrons. The Balaban J connectivity index is 2.05. The second kappa shape index (κ2) is 6.94. The molecule has 1 saturated heterocycles. The van der Waals surface area contributed by atoms with Crippen molar-refractivity contribution in [2.45, 2.75) is 52.3 Å². The second-order valence-corrected chi connectivity index (χ2v) is 6.22. The standard InChI is InChI=1S/C17H26N2O2/c1-12(2)21-16-8-6-5-7-15(16)9-17(20)19-10-13(3)18-14(4)11-19/h5-8,12-14,18H,9-11H2,1-4H3. The lowest BCUT2D eigenvalue weighted by Gasteiger charge is -2.36. The molecule has 116 valence electrons. The molecule has 1 N–H and O–H groups in total. The molecular formula is C17H26N2O2. The van der Waals surface area contributed by atoms with Crippen molar-refractivity contribution in [3.05, 3.63) is 29.8 Å². The SMILES string of the molecule is CC1CN(C(=O)Cc2ccccc2OC(C)C)CC(C)N1. The molecule has 1 fully saturated rings. The molecule has 1 aliphatic rings. The number of hydrogen-bond acceptors (Lipinski definition) is 3. The van der Waals surface area contributed by atoms with Crippen molar-refractivity contribution >= 4 is 5.91 Å². The molecule has 1 aliphatic heterocycles. The van der Waals surface area contributed by atoms with Gasteiger partial charge >= 0.3 is 0 Å². The highest BCUT2D eigenvalue weighted by Crippen LogP contribution is 2.21. The number of para-hydroxylation sites is 1. The minimum Gasteiger partial charge on any atom is -0.491 e. The summed E-state index contributed by atoms with van der Waals surface area (Å²) in [6.45, 7) is 9.78. The Morgan fingerprint density at radius 1 is 1.29 bits per heavy atom. The first-order valence-electron chi connectivity index (χ1n) is 7.74. The van der Waals surface area contributed by atoms with Crippen LogP contribution in [0.25, 0.3) is 0 Å². The first-order chi connectivity index (χ1) is 9.95. The lowest BCUT2D eigenvalue weighted by atomic mass is 10.1. The third-order valence-electron chi connectivity index (χ3n) is 3.59. The summed E-state index contributed by atoms with van der Waals surface area (Å²) in [6, 6.07) is 8.51. The zero-order valence-corrected chi connectivity index (χ0v) is 13.4. The third-order valence-corrected chi connectivity index (χ3v) is 3.59. The Kier molecular flexibility index (Phi) is 5.23. The van der Waals surface area contributed by atoms with Gasteiger partial charge in [-0.1, -0.05) is 18.2 Å². The van der Waals surface area contributed by atoms with Gasteiger partial charge in [0.05, 0.1) is 12.5 Å². The number of piperazine rings is 1. The summed E-state index contributed by atoms with van der Waals surface area (Å²) >= 11 is 0. The van der Waals surface area contributed by atoms with E-state index in [-0.39, 0.29) is 12.0 Å². The van der Waals surface area contributed by atoms with E-state index in [1.54, 1.807) is 0 Å². The van der Waals surface area contributed by atoms with Crippen molar-refractivity contribution in [2.24, 2.45) is 0 Å². The summed E-state index contributed by atoms with van der Waals surface area (Å²) < 4.78 is 5.79. The fraction of sp³-hybridized carbons (Fsp3) is 0.588. The number of ether oxygens (including phenoxy) is 1. The van der Waals surface area contributed by atoms with Crippen molar-refractivity contribution in [3.8, 4) is 5.75 Å². The Morgan fingerprint density at radius 2 is 1.90 bits per heavy atom. The molecule has 0 spiro atoms. The van der Waals surface area contributed by atoms with E-state index in [4.69, 9.17) is 4.74 Å². The van der Waals surface area contributed by atoms with Gasteiger partial charge in [-0.05, 0) is 33.8 Å². The first-order valence-corrected chi connectivity index (χ1v) is 7.74. The van der Waals surface area contributed by atoms with E-state index in [0.29, 0.717) is 18.5 Å². The molecule has 1 aromatic carbocycles. The van der Waals surface area contributed by atoms with Gasteiger partial charge in [0.2, 0.25) is 5.91 Å². The second-order valence-electron chi connectivity index (χ2n) is 6.22. The van der Waals surface area contributed by atoms with Gasteiger partial charge in [0, 0.05) is 30.7 Å². The van der Waals surface area contributed by atoms with Gasteiger partial charge in [0.15, 0.2) is 0 Å². The Morgan fingerprint density at radius 3 is 2.52 bits per heavy atom. The number of benzene rings is 1. The molecule has 4 nitrogen and oxygen atoms in total. The maximum absolute atomic E-state index is 12.5. The van der Waals surface area contributed by atoms with Gasteiger partial charge in [-0.25, -0.2) is 0 Å². The fourth-order valence-electron chi connectivity index (χ4n) is 2.82. The van der Waals surface area contributed by atoms with E-state index < -0.39 is 0 Å². The fourth-order valence-corrected chi connectivity index (χ4v) is 2.82. The molecule has 21 heavy (non-hydrogen) atoms. The first kappa shape index (κ1) is 15.8. The Labute approximate surface area is 127 Å². The molecular weight excluding hydrogens is 264 g/mol. The summed E-state index contributed by atoms with van der Waals surface area (Å²) in [5, 5.41) is 3.45. The zero-order valence-electron chi connectivity index (χ0n) is 13.4. The topological polar surface area (TPSA) is 41.6 Å². The highest BCUT2D eigenvalue weighted by molar-refractivity contribution is 5.79. The van der Waals surface area contributed by atoms with Crippen LogP contribution < -0.4 is 10.1 Å². The van der Waals surface area contributed by atoms with E-state index >= 15 is 0 Å². The summed E-state index contributed by atoms with van der Waals surface area (Å²) in [5.41, 5.74) is 0.968. The number of carbonyl (C=O) groups excluding carboxylic acids is 1. The summed E-state index contributed by atoms with van der Waals surface area (Å²) in [6.07, 6.45) is 0.517. The zero-order chi connectivity index (χ0) is 15.4. The van der Waals surface area contributed by atoms with E-state index in [2.05, 4.69) is 19.2 Å². The summed E-state index contributed by atoms with van der Waals surface area (Å²) in [5.74, 6) is 0.993. The van der Waals surface area contributed by atoms with Crippen molar-refractivity contribution < 1.29 is 9.53 Å². The predicted octanol–water partition coefficient (Wildman–Crippen LogP) is 2.23. The van der Waals surface area contributed by atoms with Gasteiger partial charge in [-0.15, -0.1) is 0 Å². The summed E-state index contributed by atoms with van der Waals surface area (Å²) in [4.78, 5) is 14.5. The summed E-state index contributed by atoms with van der Waals surface area (Å²) in [7, 11) is 0. The molecule has 4 heteroatoms. The molecule has 2 atom stereocenters. The van der Waals surface area contributed by atoms with Crippen molar-refractivity contribution in [1.82, 2.24) is 10.2 Å². The molecule has 1 heterocycles. The molecule has 2 unspecified atom stereocenters. The van der Waals surface area contributed by atoms with Gasteiger partial charge in [-0.3, -0.25) is 4.79 Å². The minimum atomic E-state index is 0.112. The average molecular weight is 290 g/mol. The van der Waals surface area contributed by atoms with Crippen LogP contribution >= 0.6 is 0 Å². The molecule has 1 amide bonds. The van der Waals surface area contributed by atoms with Crippen LogP contribution in [0, 0.1) is 0 Å². The van der Waals surface area contributed by atoms with Crippen molar-refractivity contribution in [2.75, 3.05) is 13.1 Å². The molecule has 1 aromatic rings. The van der Waals surface area contributed by atoms with Crippen LogP contribution in [0.15, 0.2) is 24.3 Å². The van der Waals surface area contributed by atoms with E-state index in [0.717, 1.165) is 24.4 Å². The Bertz CT molecular complexity index is 477. The number of rotatable bonds is 4. The van der Waals surface area contributed by atoms with E-state index in [1.165, 1.54) is 0 Å². The van der Waals surface area contributed by atoms with Gasteiger partial charge in [0.1, 0.15) is 5.75 Å². The predicted molar refractivity (Wildman–Crippen MR) is 84.5 cm³/mol. The Hall–Kier alpha value is -1.55. The smallest absolute Gasteiger partial charge is 0.227 e. The highest BCUT2D eigenvalue weighted by atomic mass is 16.5. The van der Waals surface area contributed by atoms with Crippen LogP contribution in [-0.4, -0.2) is 42.1 Å². The lowest BCUT2D eigenvalue weighted by Crippen LogP contribution is -2.56. The van der Waals surface area contributed by atoms with Crippen molar-refractivity contribution in [3.63, 3.8) is 0 Å². The number of nitrogens with zero attached hydrogens (tertiary/aromatic N) is 1. The normalized spacial score (nSPS) is 22.4. The van der Waals surface area contributed by atoms with E-state index in [1.807, 2.05) is 43.0 Å². The van der Waals surface area contributed by atoms with Gasteiger partial charge in [0.25, 0.3) is 0 Å². The number of carbonyl (C=O) groups is 1. The molecule has 0 aliphatic carbocycles. The monoisotopic (exact) mass is 290 g/mol. The van der Waals surface area contributed by atoms with Crippen molar-refractivity contribution in [1.29, 1.82) is 0 Å². The highest BCUT2D eigenvalue weighted by Gasteiger charge is 2.25. The maximum atomic E-state index is 12.5. The minimum absolute atomic E-state index is 0.112. The number of nitrogens with one attached hydrogen (secondary N) is 1. The molecule has 0 saturated carbocycles. The van der Waals surface area contributed by atoms with Gasteiger partial charge < -0.3 is 15.0 Å². The van der Waals surface area contributed by atoms with Crippen LogP contribution in [0.5, 0.6) is 5.75 Å². The lowest BCUT2D eigenvalue weighted by molar-refractivity contribution is -0.132. The van der Waals surface area contributed by atoms with Crippen LogP contribution in [0.2, 0.25) is 0 Å². The van der Waals surface area contributed by atoms with E-state index in [9.17, 15) is 4.79 Å². The largest absolute Gasteiger partial charge is 0.491 e.